The van der Waals surface area contributed by atoms with Crippen LogP contribution in [-0.2, 0) is 9.53 Å². The van der Waals surface area contributed by atoms with Gasteiger partial charge >= 0.3 is 0 Å². The summed E-state index contributed by atoms with van der Waals surface area (Å²) in [6.07, 6.45) is 0. The number of thiophene rings is 1. The normalized spacial score (nSPS) is 22.7. The summed E-state index contributed by atoms with van der Waals surface area (Å²) >= 11 is 1.65. The Morgan fingerprint density at radius 3 is 3.25 bits per heavy atom. The van der Waals surface area contributed by atoms with Gasteiger partial charge in [0.15, 0.2) is 0 Å². The first-order chi connectivity index (χ1) is 7.77. The number of hydrogen-bond donors (Lipinski definition) is 2. The van der Waals surface area contributed by atoms with Gasteiger partial charge in [0.1, 0.15) is 6.04 Å². The highest BCUT2D eigenvalue weighted by Crippen LogP contribution is 2.18. The van der Waals surface area contributed by atoms with E-state index < -0.39 is 0 Å². The van der Waals surface area contributed by atoms with Crippen molar-refractivity contribution in [3.05, 3.63) is 22.4 Å². The highest BCUT2D eigenvalue weighted by molar-refractivity contribution is 7.10. The molecule has 0 aliphatic carbocycles. The standard InChI is InChI=1S/C11H16N2O2S/c1-8(10-3-2-6-16-10)13-11(14)9-7-15-5-4-12-9/h2-3,6,8-9,12H,4-5,7H2,1H3,(H,13,14)/t8-,9?/m1/s1. The molecule has 2 atom stereocenters. The monoisotopic (exact) mass is 240 g/mol. The largest absolute Gasteiger partial charge is 0.378 e. The molecule has 0 aromatic carbocycles. The molecular formula is C11H16N2O2S. The van der Waals surface area contributed by atoms with Gasteiger partial charge < -0.3 is 15.4 Å². The molecule has 1 aromatic heterocycles. The third-order valence-corrected chi connectivity index (χ3v) is 3.62. The highest BCUT2D eigenvalue weighted by Gasteiger charge is 2.22. The van der Waals surface area contributed by atoms with Crippen LogP contribution in [0.5, 0.6) is 0 Å². The van der Waals surface area contributed by atoms with Crippen LogP contribution in [0.3, 0.4) is 0 Å². The van der Waals surface area contributed by atoms with Crippen molar-refractivity contribution >= 4 is 17.2 Å². The van der Waals surface area contributed by atoms with Crippen molar-refractivity contribution in [2.75, 3.05) is 19.8 Å². The fraction of sp³-hybridized carbons (Fsp3) is 0.545. The van der Waals surface area contributed by atoms with Gasteiger partial charge in [-0.2, -0.15) is 0 Å². The quantitative estimate of drug-likeness (QED) is 0.826. The predicted octanol–water partition coefficient (Wildman–Crippen LogP) is 0.914. The molecule has 1 unspecified atom stereocenters. The fourth-order valence-corrected chi connectivity index (χ4v) is 2.39. The number of hydrogen-bond acceptors (Lipinski definition) is 4. The van der Waals surface area contributed by atoms with Gasteiger partial charge in [-0.1, -0.05) is 6.07 Å². The fourth-order valence-electron chi connectivity index (χ4n) is 1.66. The third-order valence-electron chi connectivity index (χ3n) is 2.57. The molecule has 1 amide bonds. The minimum absolute atomic E-state index is 0.0144. The summed E-state index contributed by atoms with van der Waals surface area (Å²) in [4.78, 5) is 13.0. The molecule has 2 N–H and O–H groups in total. The van der Waals surface area contributed by atoms with Crippen LogP contribution in [0, 0.1) is 0 Å². The van der Waals surface area contributed by atoms with E-state index in [2.05, 4.69) is 10.6 Å². The molecule has 2 heterocycles. The number of amides is 1. The molecule has 1 aliphatic rings. The van der Waals surface area contributed by atoms with Gasteiger partial charge in [-0.25, -0.2) is 0 Å². The van der Waals surface area contributed by atoms with Gasteiger partial charge in [0.05, 0.1) is 19.3 Å². The van der Waals surface area contributed by atoms with Crippen LogP contribution in [0.15, 0.2) is 17.5 Å². The summed E-state index contributed by atoms with van der Waals surface area (Å²) in [6, 6.07) is 3.87. The van der Waals surface area contributed by atoms with Crippen LogP contribution in [-0.4, -0.2) is 31.7 Å². The lowest BCUT2D eigenvalue weighted by atomic mass is 10.2. The maximum absolute atomic E-state index is 11.9. The molecule has 0 spiro atoms. The highest BCUT2D eigenvalue weighted by atomic mass is 32.1. The molecule has 16 heavy (non-hydrogen) atoms. The predicted molar refractivity (Wildman–Crippen MR) is 63.5 cm³/mol. The van der Waals surface area contributed by atoms with Crippen molar-refractivity contribution in [2.45, 2.75) is 19.0 Å². The van der Waals surface area contributed by atoms with E-state index in [4.69, 9.17) is 4.74 Å². The van der Waals surface area contributed by atoms with E-state index in [1.807, 2.05) is 24.4 Å². The second-order valence-corrected chi connectivity index (χ2v) is 4.81. The topological polar surface area (TPSA) is 50.4 Å². The molecule has 1 aromatic rings. The first-order valence-electron chi connectivity index (χ1n) is 5.42. The van der Waals surface area contributed by atoms with Gasteiger partial charge in [0.2, 0.25) is 5.91 Å². The van der Waals surface area contributed by atoms with Gasteiger partial charge in [-0.15, -0.1) is 11.3 Å². The third kappa shape index (κ3) is 2.81. The van der Waals surface area contributed by atoms with Crippen LogP contribution in [0.4, 0.5) is 0 Å². The van der Waals surface area contributed by atoms with E-state index in [9.17, 15) is 4.79 Å². The van der Waals surface area contributed by atoms with Crippen molar-refractivity contribution in [3.8, 4) is 0 Å². The van der Waals surface area contributed by atoms with Crippen molar-refractivity contribution in [2.24, 2.45) is 0 Å². The lowest BCUT2D eigenvalue weighted by molar-refractivity contribution is -0.126. The second-order valence-electron chi connectivity index (χ2n) is 3.83. The lowest BCUT2D eigenvalue weighted by Crippen LogP contribution is -2.51. The van der Waals surface area contributed by atoms with E-state index in [0.29, 0.717) is 13.2 Å². The van der Waals surface area contributed by atoms with Crippen LogP contribution in [0.1, 0.15) is 17.8 Å². The minimum Gasteiger partial charge on any atom is -0.378 e. The van der Waals surface area contributed by atoms with Crippen LogP contribution in [0.2, 0.25) is 0 Å². The zero-order valence-corrected chi connectivity index (χ0v) is 10.0. The molecule has 2 rings (SSSR count). The molecule has 88 valence electrons. The van der Waals surface area contributed by atoms with Gasteiger partial charge in [-0.05, 0) is 18.4 Å². The number of carbonyl (C=O) groups excluding carboxylic acids is 1. The Labute approximate surface area is 99.0 Å². The number of morpholine rings is 1. The maximum atomic E-state index is 11.9. The van der Waals surface area contributed by atoms with Crippen molar-refractivity contribution in [3.63, 3.8) is 0 Å². The molecular weight excluding hydrogens is 224 g/mol. The molecule has 1 aliphatic heterocycles. The summed E-state index contributed by atoms with van der Waals surface area (Å²) in [5, 5.41) is 8.13. The van der Waals surface area contributed by atoms with E-state index in [1.54, 1.807) is 11.3 Å². The molecule has 0 bridgehead atoms. The molecule has 1 saturated heterocycles. The zero-order chi connectivity index (χ0) is 11.4. The maximum Gasteiger partial charge on any atom is 0.240 e. The summed E-state index contributed by atoms with van der Waals surface area (Å²) in [7, 11) is 0. The van der Waals surface area contributed by atoms with Crippen molar-refractivity contribution < 1.29 is 9.53 Å². The van der Waals surface area contributed by atoms with Crippen LogP contribution in [0.25, 0.3) is 0 Å². The Morgan fingerprint density at radius 1 is 1.75 bits per heavy atom. The average Bonchev–Trinajstić information content (AvgIpc) is 2.83. The summed E-state index contributed by atoms with van der Waals surface area (Å²) in [5.41, 5.74) is 0. The number of rotatable bonds is 3. The minimum atomic E-state index is -0.212. The summed E-state index contributed by atoms with van der Waals surface area (Å²) in [6.45, 7) is 3.88. The van der Waals surface area contributed by atoms with Crippen LogP contribution >= 0.6 is 11.3 Å². The SMILES string of the molecule is C[C@@H](NC(=O)C1COCCN1)c1cccs1. The van der Waals surface area contributed by atoms with Crippen molar-refractivity contribution in [1.29, 1.82) is 0 Å². The summed E-state index contributed by atoms with van der Waals surface area (Å²) in [5.74, 6) is 0.0144. The van der Waals surface area contributed by atoms with E-state index in [-0.39, 0.29) is 18.0 Å². The average molecular weight is 240 g/mol. The van der Waals surface area contributed by atoms with Gasteiger partial charge in [-0.3, -0.25) is 4.79 Å². The first-order valence-corrected chi connectivity index (χ1v) is 6.30. The Hall–Kier alpha value is -0.910. The molecule has 0 saturated carbocycles. The van der Waals surface area contributed by atoms with E-state index >= 15 is 0 Å². The summed E-state index contributed by atoms with van der Waals surface area (Å²) < 4.78 is 5.25. The van der Waals surface area contributed by atoms with Gasteiger partial charge in [0, 0.05) is 11.4 Å². The second kappa shape index (κ2) is 5.43. The van der Waals surface area contributed by atoms with E-state index in [0.717, 1.165) is 6.54 Å². The molecule has 4 nitrogen and oxygen atoms in total. The lowest BCUT2D eigenvalue weighted by Gasteiger charge is -2.24. The number of nitrogens with one attached hydrogen (secondary N) is 2. The first kappa shape index (κ1) is 11.6. The van der Waals surface area contributed by atoms with Crippen LogP contribution < -0.4 is 10.6 Å². The molecule has 1 fully saturated rings. The molecule has 0 radical (unpaired) electrons. The Bertz CT molecular complexity index is 334. The number of ether oxygens (including phenoxy) is 1. The zero-order valence-electron chi connectivity index (χ0n) is 9.23. The van der Waals surface area contributed by atoms with Crippen molar-refractivity contribution in [1.82, 2.24) is 10.6 Å². The Balaban J connectivity index is 1.86. The van der Waals surface area contributed by atoms with E-state index in [1.165, 1.54) is 4.88 Å². The number of carbonyl (C=O) groups is 1. The smallest absolute Gasteiger partial charge is 0.240 e. The molecule has 5 heteroatoms. The van der Waals surface area contributed by atoms with Gasteiger partial charge in [0.25, 0.3) is 0 Å². The Kier molecular flexibility index (Phi) is 3.93. The Morgan fingerprint density at radius 2 is 2.62 bits per heavy atom.